The summed E-state index contributed by atoms with van der Waals surface area (Å²) in [5.41, 5.74) is 0. The lowest BCUT2D eigenvalue weighted by Gasteiger charge is -2.22. The van der Waals surface area contributed by atoms with E-state index in [1.807, 2.05) is 11.8 Å². The summed E-state index contributed by atoms with van der Waals surface area (Å²) in [6, 6.07) is 0.914. The lowest BCUT2D eigenvalue weighted by molar-refractivity contribution is -0.142. The van der Waals surface area contributed by atoms with E-state index in [-0.39, 0.29) is 5.92 Å². The summed E-state index contributed by atoms with van der Waals surface area (Å²) in [7, 11) is 0. The molecule has 92 valence electrons. The fourth-order valence-electron chi connectivity index (χ4n) is 3.26. The van der Waals surface area contributed by atoms with Gasteiger partial charge in [0.15, 0.2) is 0 Å². The van der Waals surface area contributed by atoms with Gasteiger partial charge in [0.05, 0.1) is 5.92 Å². The molecule has 0 aromatic heterocycles. The molecule has 0 saturated carbocycles. The lowest BCUT2D eigenvalue weighted by Crippen LogP contribution is -2.33. The van der Waals surface area contributed by atoms with E-state index in [2.05, 4.69) is 11.2 Å². The van der Waals surface area contributed by atoms with Crippen LogP contribution in [0.15, 0.2) is 0 Å². The van der Waals surface area contributed by atoms with E-state index in [1.165, 1.54) is 25.0 Å². The highest BCUT2D eigenvalue weighted by molar-refractivity contribution is 7.98. The number of thioether (sulfide) groups is 1. The van der Waals surface area contributed by atoms with Gasteiger partial charge in [0.2, 0.25) is 0 Å². The normalized spacial score (nSPS) is 33.4. The minimum atomic E-state index is -0.582. The van der Waals surface area contributed by atoms with Crippen molar-refractivity contribution in [1.82, 2.24) is 4.90 Å². The number of carbonyl (C=O) groups is 1. The van der Waals surface area contributed by atoms with E-state index in [1.54, 1.807) is 0 Å². The zero-order chi connectivity index (χ0) is 11.5. The Morgan fingerprint density at radius 3 is 2.88 bits per heavy atom. The number of carboxylic acids is 1. The predicted octanol–water partition coefficient (Wildman–Crippen LogP) is 2.07. The van der Waals surface area contributed by atoms with Gasteiger partial charge < -0.3 is 5.11 Å². The molecule has 0 radical (unpaired) electrons. The summed E-state index contributed by atoms with van der Waals surface area (Å²) < 4.78 is 0. The van der Waals surface area contributed by atoms with Crippen LogP contribution in [-0.2, 0) is 4.79 Å². The van der Waals surface area contributed by atoms with Crippen molar-refractivity contribution in [2.45, 2.75) is 44.2 Å². The van der Waals surface area contributed by atoms with E-state index in [4.69, 9.17) is 5.11 Å². The summed E-state index contributed by atoms with van der Waals surface area (Å²) in [5.74, 6) is 0.562. The average Bonchev–Trinajstić information content (AvgIpc) is 2.81. The van der Waals surface area contributed by atoms with Crippen LogP contribution in [0.5, 0.6) is 0 Å². The minimum Gasteiger partial charge on any atom is -0.481 e. The summed E-state index contributed by atoms with van der Waals surface area (Å²) in [5, 5.41) is 9.13. The van der Waals surface area contributed by atoms with Crippen molar-refractivity contribution < 1.29 is 9.90 Å². The topological polar surface area (TPSA) is 40.5 Å². The molecule has 2 fully saturated rings. The number of hydrogen-bond acceptors (Lipinski definition) is 3. The van der Waals surface area contributed by atoms with Crippen LogP contribution in [0.2, 0.25) is 0 Å². The minimum absolute atomic E-state index is 0.0840. The van der Waals surface area contributed by atoms with E-state index in [0.29, 0.717) is 12.1 Å². The third-order valence-electron chi connectivity index (χ3n) is 4.01. The maximum atomic E-state index is 11.1. The molecule has 2 saturated heterocycles. The van der Waals surface area contributed by atoms with Crippen LogP contribution in [0.25, 0.3) is 0 Å². The van der Waals surface area contributed by atoms with Crippen LogP contribution < -0.4 is 0 Å². The first-order valence-corrected chi connectivity index (χ1v) is 7.61. The van der Waals surface area contributed by atoms with Gasteiger partial charge in [0, 0.05) is 12.1 Å². The van der Waals surface area contributed by atoms with Crippen LogP contribution in [0, 0.1) is 5.92 Å². The molecule has 2 bridgehead atoms. The van der Waals surface area contributed by atoms with Crippen LogP contribution in [0.4, 0.5) is 0 Å². The highest BCUT2D eigenvalue weighted by Crippen LogP contribution is 2.41. The first-order valence-electron chi connectivity index (χ1n) is 6.21. The summed E-state index contributed by atoms with van der Waals surface area (Å²) in [4.78, 5) is 13.6. The Morgan fingerprint density at radius 2 is 2.25 bits per heavy atom. The zero-order valence-corrected chi connectivity index (χ0v) is 10.7. The molecule has 2 aliphatic heterocycles. The lowest BCUT2D eigenvalue weighted by atomic mass is 9.89. The smallest absolute Gasteiger partial charge is 0.308 e. The number of hydrogen-bond donors (Lipinski definition) is 1. The van der Waals surface area contributed by atoms with Crippen molar-refractivity contribution in [2.75, 3.05) is 18.6 Å². The third-order valence-corrected chi connectivity index (χ3v) is 4.71. The molecular weight excluding hydrogens is 222 g/mol. The number of carboxylic acid groups (broad SMARTS) is 1. The standard InChI is InChI=1S/C12H21NO2S/c1-16-7-3-2-6-13-9-4-5-11(13)10(8-9)12(14)15/h9-11H,2-8H2,1H3,(H,14,15). The highest BCUT2D eigenvalue weighted by atomic mass is 32.2. The monoisotopic (exact) mass is 243 g/mol. The predicted molar refractivity (Wildman–Crippen MR) is 66.9 cm³/mol. The van der Waals surface area contributed by atoms with Crippen LogP contribution in [0.3, 0.4) is 0 Å². The highest BCUT2D eigenvalue weighted by Gasteiger charge is 2.48. The van der Waals surface area contributed by atoms with Gasteiger partial charge in [-0.25, -0.2) is 0 Å². The van der Waals surface area contributed by atoms with Crippen LogP contribution in [0.1, 0.15) is 32.1 Å². The summed E-state index contributed by atoms with van der Waals surface area (Å²) in [6.07, 6.45) is 7.83. The maximum Gasteiger partial charge on any atom is 0.308 e. The first kappa shape index (κ1) is 12.2. The number of rotatable bonds is 6. The number of aliphatic carboxylic acids is 1. The Bertz CT molecular complexity index is 259. The fraction of sp³-hybridized carbons (Fsp3) is 0.917. The molecule has 0 spiro atoms. The molecule has 2 rings (SSSR count). The molecule has 2 aliphatic rings. The number of unbranched alkanes of at least 4 members (excludes halogenated alkanes) is 1. The third kappa shape index (κ3) is 2.38. The number of nitrogens with zero attached hydrogens (tertiary/aromatic N) is 1. The second-order valence-electron chi connectivity index (χ2n) is 4.92. The van der Waals surface area contributed by atoms with Gasteiger partial charge in [0.25, 0.3) is 0 Å². The van der Waals surface area contributed by atoms with Crippen molar-refractivity contribution in [2.24, 2.45) is 5.92 Å². The molecule has 0 aliphatic carbocycles. The Kier molecular flexibility index (Phi) is 4.14. The molecule has 3 unspecified atom stereocenters. The summed E-state index contributed by atoms with van der Waals surface area (Å²) in [6.45, 7) is 1.11. The molecule has 2 heterocycles. The molecule has 0 aromatic rings. The van der Waals surface area contributed by atoms with Gasteiger partial charge in [0.1, 0.15) is 0 Å². The van der Waals surface area contributed by atoms with Gasteiger partial charge in [-0.05, 0) is 50.7 Å². The van der Waals surface area contributed by atoms with Crippen molar-refractivity contribution in [3.8, 4) is 0 Å². The van der Waals surface area contributed by atoms with Gasteiger partial charge >= 0.3 is 5.97 Å². The SMILES string of the molecule is CSCCCCN1C2CCC1C(C(=O)O)C2. The van der Waals surface area contributed by atoms with Crippen LogP contribution in [-0.4, -0.2) is 46.6 Å². The molecule has 1 N–H and O–H groups in total. The fourth-order valence-corrected chi connectivity index (χ4v) is 3.75. The van der Waals surface area contributed by atoms with E-state index in [0.717, 1.165) is 19.4 Å². The Labute approximate surface area is 102 Å². The molecule has 0 amide bonds. The largest absolute Gasteiger partial charge is 0.481 e. The second-order valence-corrected chi connectivity index (χ2v) is 5.90. The average molecular weight is 243 g/mol. The molecule has 16 heavy (non-hydrogen) atoms. The first-order chi connectivity index (χ1) is 7.74. The second kappa shape index (κ2) is 5.41. The van der Waals surface area contributed by atoms with Crippen LogP contribution >= 0.6 is 11.8 Å². The number of fused-ring (bicyclic) bond motifs is 2. The van der Waals surface area contributed by atoms with Gasteiger partial charge in [-0.2, -0.15) is 11.8 Å². The van der Waals surface area contributed by atoms with Crippen molar-refractivity contribution in [1.29, 1.82) is 0 Å². The van der Waals surface area contributed by atoms with E-state index in [9.17, 15) is 4.79 Å². The zero-order valence-electron chi connectivity index (χ0n) is 9.89. The molecule has 3 nitrogen and oxygen atoms in total. The Hall–Kier alpha value is -0.220. The molecule has 4 heteroatoms. The Morgan fingerprint density at radius 1 is 1.44 bits per heavy atom. The van der Waals surface area contributed by atoms with E-state index >= 15 is 0 Å². The molecule has 0 aromatic carbocycles. The van der Waals surface area contributed by atoms with Crippen molar-refractivity contribution in [3.63, 3.8) is 0 Å². The Balaban J connectivity index is 1.80. The van der Waals surface area contributed by atoms with E-state index < -0.39 is 5.97 Å². The maximum absolute atomic E-state index is 11.1. The van der Waals surface area contributed by atoms with Gasteiger partial charge in [-0.1, -0.05) is 0 Å². The van der Waals surface area contributed by atoms with Crippen molar-refractivity contribution >= 4 is 17.7 Å². The van der Waals surface area contributed by atoms with Crippen molar-refractivity contribution in [3.05, 3.63) is 0 Å². The molecular formula is C12H21NO2S. The van der Waals surface area contributed by atoms with Gasteiger partial charge in [-0.15, -0.1) is 0 Å². The summed E-state index contributed by atoms with van der Waals surface area (Å²) >= 11 is 1.89. The molecule has 3 atom stereocenters. The quantitative estimate of drug-likeness (QED) is 0.725. The van der Waals surface area contributed by atoms with Gasteiger partial charge in [-0.3, -0.25) is 9.69 Å².